The van der Waals surface area contributed by atoms with E-state index in [4.69, 9.17) is 4.42 Å². The van der Waals surface area contributed by atoms with Gasteiger partial charge in [0.15, 0.2) is 0 Å². The van der Waals surface area contributed by atoms with E-state index in [0.717, 1.165) is 25.0 Å². The highest BCUT2D eigenvalue weighted by Gasteiger charge is 2.47. The van der Waals surface area contributed by atoms with Crippen LogP contribution in [0, 0.1) is 5.41 Å². The molecule has 3 unspecified atom stereocenters. The SMILES string of the molecule is CC(CCc1ccco1)NC1CC(O)C1(C)C. The Morgan fingerprint density at radius 3 is 2.88 bits per heavy atom. The van der Waals surface area contributed by atoms with Crippen LogP contribution in [0.4, 0.5) is 0 Å². The number of furan rings is 1. The van der Waals surface area contributed by atoms with Crippen LogP contribution in [0.15, 0.2) is 22.8 Å². The molecule has 3 atom stereocenters. The van der Waals surface area contributed by atoms with Gasteiger partial charge >= 0.3 is 0 Å². The standard InChI is InChI=1S/C14H23NO2/c1-10(6-7-11-5-4-8-17-11)15-12-9-13(16)14(12,2)3/h4-5,8,10,12-13,15-16H,6-7,9H2,1-3H3. The van der Waals surface area contributed by atoms with Crippen LogP contribution in [0.5, 0.6) is 0 Å². The summed E-state index contributed by atoms with van der Waals surface area (Å²) >= 11 is 0. The van der Waals surface area contributed by atoms with Gasteiger partial charge in [-0.25, -0.2) is 0 Å². The lowest BCUT2D eigenvalue weighted by Gasteiger charge is -2.50. The molecule has 1 fully saturated rings. The molecule has 0 aromatic carbocycles. The molecule has 96 valence electrons. The average Bonchev–Trinajstić information content (AvgIpc) is 2.79. The summed E-state index contributed by atoms with van der Waals surface area (Å²) in [7, 11) is 0. The first-order chi connectivity index (χ1) is 8.00. The Bertz CT molecular complexity index is 345. The van der Waals surface area contributed by atoms with Crippen LogP contribution in [-0.4, -0.2) is 23.3 Å². The average molecular weight is 237 g/mol. The van der Waals surface area contributed by atoms with E-state index in [1.165, 1.54) is 0 Å². The van der Waals surface area contributed by atoms with Crippen LogP contribution in [0.25, 0.3) is 0 Å². The van der Waals surface area contributed by atoms with Gasteiger partial charge in [0.25, 0.3) is 0 Å². The minimum atomic E-state index is -0.155. The largest absolute Gasteiger partial charge is 0.469 e. The predicted octanol–water partition coefficient (Wildman–Crippen LogP) is 2.35. The van der Waals surface area contributed by atoms with Crippen LogP contribution in [0.2, 0.25) is 0 Å². The number of rotatable bonds is 5. The maximum atomic E-state index is 9.68. The number of aliphatic hydroxyl groups excluding tert-OH is 1. The van der Waals surface area contributed by atoms with Gasteiger partial charge in [-0.1, -0.05) is 13.8 Å². The molecule has 2 rings (SSSR count). The monoisotopic (exact) mass is 237 g/mol. The van der Waals surface area contributed by atoms with E-state index in [0.29, 0.717) is 12.1 Å². The quantitative estimate of drug-likeness (QED) is 0.826. The lowest BCUT2D eigenvalue weighted by atomic mass is 9.64. The van der Waals surface area contributed by atoms with Crippen molar-refractivity contribution < 1.29 is 9.52 Å². The fourth-order valence-corrected chi connectivity index (χ4v) is 2.43. The second-order valence-corrected chi connectivity index (χ2v) is 5.81. The summed E-state index contributed by atoms with van der Waals surface area (Å²) < 4.78 is 5.32. The van der Waals surface area contributed by atoms with Gasteiger partial charge in [0.05, 0.1) is 12.4 Å². The van der Waals surface area contributed by atoms with Gasteiger partial charge in [-0.2, -0.15) is 0 Å². The van der Waals surface area contributed by atoms with E-state index >= 15 is 0 Å². The van der Waals surface area contributed by atoms with Crippen LogP contribution < -0.4 is 5.32 Å². The molecule has 0 bridgehead atoms. The van der Waals surface area contributed by atoms with Crippen LogP contribution in [0.3, 0.4) is 0 Å². The van der Waals surface area contributed by atoms with E-state index in [-0.39, 0.29) is 11.5 Å². The molecule has 3 heteroatoms. The summed E-state index contributed by atoms with van der Waals surface area (Å²) in [5.41, 5.74) is 0.0128. The Labute approximate surface area is 103 Å². The zero-order chi connectivity index (χ0) is 12.5. The molecule has 0 saturated heterocycles. The molecular weight excluding hydrogens is 214 g/mol. The Kier molecular flexibility index (Phi) is 3.59. The van der Waals surface area contributed by atoms with Gasteiger partial charge in [0.2, 0.25) is 0 Å². The lowest BCUT2D eigenvalue weighted by molar-refractivity contribution is -0.0755. The van der Waals surface area contributed by atoms with Crippen LogP contribution >= 0.6 is 0 Å². The molecule has 0 radical (unpaired) electrons. The minimum absolute atomic E-state index is 0.0128. The highest BCUT2D eigenvalue weighted by atomic mass is 16.3. The molecule has 1 aliphatic rings. The highest BCUT2D eigenvalue weighted by Crippen LogP contribution is 2.40. The molecule has 0 amide bonds. The summed E-state index contributed by atoms with van der Waals surface area (Å²) in [5.74, 6) is 1.05. The van der Waals surface area contributed by atoms with Gasteiger partial charge in [-0.05, 0) is 31.9 Å². The van der Waals surface area contributed by atoms with Gasteiger partial charge in [0.1, 0.15) is 5.76 Å². The number of hydrogen-bond acceptors (Lipinski definition) is 3. The van der Waals surface area contributed by atoms with Crippen molar-refractivity contribution in [2.75, 3.05) is 0 Å². The molecule has 2 N–H and O–H groups in total. The topological polar surface area (TPSA) is 45.4 Å². The molecule has 1 saturated carbocycles. The Morgan fingerprint density at radius 1 is 1.59 bits per heavy atom. The van der Waals surface area contributed by atoms with Crippen molar-refractivity contribution in [2.24, 2.45) is 5.41 Å². The van der Waals surface area contributed by atoms with Crippen molar-refractivity contribution in [3.8, 4) is 0 Å². The molecule has 1 aromatic rings. The second kappa shape index (κ2) is 4.83. The van der Waals surface area contributed by atoms with Gasteiger partial charge in [-0.15, -0.1) is 0 Å². The first-order valence-electron chi connectivity index (χ1n) is 6.46. The summed E-state index contributed by atoms with van der Waals surface area (Å²) in [6, 6.07) is 4.84. The van der Waals surface area contributed by atoms with Crippen molar-refractivity contribution >= 4 is 0 Å². The van der Waals surface area contributed by atoms with E-state index in [2.05, 4.69) is 26.1 Å². The molecule has 0 aliphatic heterocycles. The lowest BCUT2D eigenvalue weighted by Crippen LogP contribution is -2.61. The summed E-state index contributed by atoms with van der Waals surface area (Å²) in [5, 5.41) is 13.3. The Balaban J connectivity index is 1.73. The molecular formula is C14H23NO2. The smallest absolute Gasteiger partial charge is 0.103 e. The molecule has 1 aromatic heterocycles. The second-order valence-electron chi connectivity index (χ2n) is 5.81. The third-order valence-corrected chi connectivity index (χ3v) is 4.11. The van der Waals surface area contributed by atoms with E-state index in [1.54, 1.807) is 6.26 Å². The number of aryl methyl sites for hydroxylation is 1. The maximum Gasteiger partial charge on any atom is 0.103 e. The normalized spacial score (nSPS) is 28.7. The predicted molar refractivity (Wildman–Crippen MR) is 67.8 cm³/mol. The van der Waals surface area contributed by atoms with Gasteiger partial charge in [-0.3, -0.25) is 0 Å². The van der Waals surface area contributed by atoms with Gasteiger partial charge in [0, 0.05) is 23.9 Å². The van der Waals surface area contributed by atoms with E-state index < -0.39 is 0 Å². The molecule has 0 spiro atoms. The number of aliphatic hydroxyl groups is 1. The zero-order valence-electron chi connectivity index (χ0n) is 10.9. The first-order valence-corrected chi connectivity index (χ1v) is 6.46. The molecule has 1 aliphatic carbocycles. The number of hydrogen-bond donors (Lipinski definition) is 2. The van der Waals surface area contributed by atoms with E-state index in [9.17, 15) is 5.11 Å². The van der Waals surface area contributed by atoms with Gasteiger partial charge < -0.3 is 14.8 Å². The minimum Gasteiger partial charge on any atom is -0.469 e. The maximum absolute atomic E-state index is 9.68. The van der Waals surface area contributed by atoms with Crippen molar-refractivity contribution in [1.29, 1.82) is 0 Å². The summed E-state index contributed by atoms with van der Waals surface area (Å²) in [4.78, 5) is 0. The van der Waals surface area contributed by atoms with E-state index in [1.807, 2.05) is 12.1 Å². The first kappa shape index (κ1) is 12.7. The molecule has 17 heavy (non-hydrogen) atoms. The zero-order valence-corrected chi connectivity index (χ0v) is 10.9. The van der Waals surface area contributed by atoms with Crippen LogP contribution in [-0.2, 0) is 6.42 Å². The summed E-state index contributed by atoms with van der Waals surface area (Å²) in [6.45, 7) is 6.44. The van der Waals surface area contributed by atoms with Crippen LogP contribution in [0.1, 0.15) is 39.4 Å². The molecule has 1 heterocycles. The Morgan fingerprint density at radius 2 is 2.35 bits per heavy atom. The third-order valence-electron chi connectivity index (χ3n) is 4.11. The van der Waals surface area contributed by atoms with Crippen molar-refractivity contribution in [3.05, 3.63) is 24.2 Å². The molecule has 3 nitrogen and oxygen atoms in total. The van der Waals surface area contributed by atoms with Crippen molar-refractivity contribution in [1.82, 2.24) is 5.32 Å². The summed E-state index contributed by atoms with van der Waals surface area (Å²) in [6.07, 6.45) is 4.47. The fourth-order valence-electron chi connectivity index (χ4n) is 2.43. The number of nitrogens with one attached hydrogen (secondary N) is 1. The fraction of sp³-hybridized carbons (Fsp3) is 0.714. The Hall–Kier alpha value is -0.800. The third kappa shape index (κ3) is 2.72. The highest BCUT2D eigenvalue weighted by molar-refractivity contribution is 5.03. The van der Waals surface area contributed by atoms with Crippen molar-refractivity contribution in [3.63, 3.8) is 0 Å². The van der Waals surface area contributed by atoms with Crippen molar-refractivity contribution in [2.45, 2.75) is 58.2 Å².